The van der Waals surface area contributed by atoms with Crippen LogP contribution < -0.4 is 10.2 Å². The average molecular weight is 330 g/mol. The van der Waals surface area contributed by atoms with E-state index in [1.54, 1.807) is 16.9 Å². The van der Waals surface area contributed by atoms with Gasteiger partial charge in [-0.2, -0.15) is 5.10 Å². The fraction of sp³-hybridized carbons (Fsp3) is 0.500. The van der Waals surface area contributed by atoms with Crippen molar-refractivity contribution in [3.05, 3.63) is 48.0 Å². The second-order valence-corrected chi connectivity index (χ2v) is 6.70. The van der Waals surface area contributed by atoms with E-state index >= 15 is 0 Å². The van der Waals surface area contributed by atoms with Crippen molar-refractivity contribution in [2.75, 3.05) is 18.0 Å². The Labute approximate surface area is 141 Å². The van der Waals surface area contributed by atoms with Crippen LogP contribution in [0.15, 0.2) is 36.7 Å². The Bertz CT molecular complexity index is 684. The topological polar surface area (TPSA) is 53.3 Å². The van der Waals surface area contributed by atoms with Gasteiger partial charge < -0.3 is 15.3 Å². The molecule has 0 bridgehead atoms. The van der Waals surface area contributed by atoms with Crippen molar-refractivity contribution < 1.29 is 9.50 Å². The molecule has 2 heterocycles. The molecule has 2 aromatic rings. The quantitative estimate of drug-likeness (QED) is 0.881. The minimum atomic E-state index is -0.402. The standard InChI is InChI=1S/C18H23FN4O/c19-14-5-3-6-16(22-8-1-2-9-22)13(14)12-20-15-11-17(24)18(15)23-10-4-7-21-23/h3-7,10,15,17-18,20,24H,1-2,8-9,11-12H2/t15-,17+,18+/m0/s1. The number of rotatable bonds is 5. The van der Waals surface area contributed by atoms with Gasteiger partial charge >= 0.3 is 0 Å². The van der Waals surface area contributed by atoms with E-state index in [0.29, 0.717) is 13.0 Å². The molecule has 128 valence electrons. The van der Waals surface area contributed by atoms with Gasteiger partial charge in [-0.15, -0.1) is 0 Å². The van der Waals surface area contributed by atoms with Gasteiger partial charge in [0.15, 0.2) is 0 Å². The monoisotopic (exact) mass is 330 g/mol. The molecular formula is C18H23FN4O. The van der Waals surface area contributed by atoms with Gasteiger partial charge in [-0.3, -0.25) is 4.68 Å². The van der Waals surface area contributed by atoms with Gasteiger partial charge in [0, 0.05) is 49.3 Å². The summed E-state index contributed by atoms with van der Waals surface area (Å²) in [6.07, 6.45) is 6.17. The van der Waals surface area contributed by atoms with Crippen LogP contribution in [0.4, 0.5) is 10.1 Å². The smallest absolute Gasteiger partial charge is 0.129 e. The van der Waals surface area contributed by atoms with Crippen molar-refractivity contribution >= 4 is 5.69 Å². The van der Waals surface area contributed by atoms with Gasteiger partial charge in [0.05, 0.1) is 12.1 Å². The molecule has 1 aliphatic heterocycles. The minimum absolute atomic E-state index is 0.0815. The molecule has 0 spiro atoms. The number of hydrogen-bond acceptors (Lipinski definition) is 4. The van der Waals surface area contributed by atoms with Crippen LogP contribution in [0.2, 0.25) is 0 Å². The summed E-state index contributed by atoms with van der Waals surface area (Å²) in [5.74, 6) is -0.164. The van der Waals surface area contributed by atoms with Crippen molar-refractivity contribution in [2.24, 2.45) is 0 Å². The normalized spacial score (nSPS) is 26.6. The number of halogens is 1. The van der Waals surface area contributed by atoms with E-state index in [0.717, 1.165) is 24.3 Å². The lowest BCUT2D eigenvalue weighted by molar-refractivity contribution is -0.00827. The van der Waals surface area contributed by atoms with Crippen LogP contribution in [0.1, 0.15) is 30.9 Å². The molecule has 1 saturated heterocycles. The molecule has 2 aliphatic rings. The molecule has 1 aromatic carbocycles. The van der Waals surface area contributed by atoms with Crippen molar-refractivity contribution in [1.29, 1.82) is 0 Å². The molecule has 6 heteroatoms. The largest absolute Gasteiger partial charge is 0.391 e. The van der Waals surface area contributed by atoms with Gasteiger partial charge in [-0.05, 0) is 37.5 Å². The minimum Gasteiger partial charge on any atom is -0.391 e. The molecule has 1 aromatic heterocycles. The molecule has 24 heavy (non-hydrogen) atoms. The number of nitrogens with one attached hydrogen (secondary N) is 1. The number of hydrogen-bond donors (Lipinski definition) is 2. The Morgan fingerprint density at radius 1 is 1.25 bits per heavy atom. The van der Waals surface area contributed by atoms with E-state index in [1.807, 2.05) is 18.3 Å². The number of benzene rings is 1. The molecule has 2 N–H and O–H groups in total. The highest BCUT2D eigenvalue weighted by molar-refractivity contribution is 5.54. The summed E-state index contributed by atoms with van der Waals surface area (Å²) in [6.45, 7) is 2.46. The summed E-state index contributed by atoms with van der Waals surface area (Å²) in [6, 6.07) is 7.19. The zero-order chi connectivity index (χ0) is 16.5. The number of aromatic nitrogens is 2. The van der Waals surface area contributed by atoms with E-state index in [9.17, 15) is 9.50 Å². The predicted octanol–water partition coefficient (Wildman–Crippen LogP) is 2.09. The zero-order valence-electron chi connectivity index (χ0n) is 13.6. The Kier molecular flexibility index (Phi) is 4.24. The van der Waals surface area contributed by atoms with Crippen LogP contribution in [-0.2, 0) is 6.54 Å². The molecule has 1 aliphatic carbocycles. The third kappa shape index (κ3) is 2.80. The van der Waals surface area contributed by atoms with Crippen molar-refractivity contribution in [2.45, 2.75) is 44.0 Å². The predicted molar refractivity (Wildman–Crippen MR) is 90.4 cm³/mol. The average Bonchev–Trinajstić information content (AvgIpc) is 3.25. The maximum Gasteiger partial charge on any atom is 0.129 e. The lowest BCUT2D eigenvalue weighted by Gasteiger charge is -2.42. The second kappa shape index (κ2) is 6.53. The Morgan fingerprint density at radius 2 is 2.08 bits per heavy atom. The molecule has 5 nitrogen and oxygen atoms in total. The molecular weight excluding hydrogens is 307 g/mol. The number of aliphatic hydroxyl groups excluding tert-OH is 1. The number of nitrogens with zero attached hydrogens (tertiary/aromatic N) is 3. The SMILES string of the molecule is O[C@@H]1C[C@H](NCc2c(F)cccc2N2CCCC2)[C@H]1n1cccn1. The lowest BCUT2D eigenvalue weighted by atomic mass is 9.83. The van der Waals surface area contributed by atoms with Gasteiger partial charge in [0.2, 0.25) is 0 Å². The van der Waals surface area contributed by atoms with Crippen LogP contribution in [0.25, 0.3) is 0 Å². The maximum absolute atomic E-state index is 14.4. The first-order chi connectivity index (χ1) is 11.7. The summed E-state index contributed by atoms with van der Waals surface area (Å²) in [7, 11) is 0. The molecule has 2 fully saturated rings. The van der Waals surface area contributed by atoms with E-state index < -0.39 is 6.10 Å². The van der Waals surface area contributed by atoms with Crippen LogP contribution in [0.3, 0.4) is 0 Å². The molecule has 4 rings (SSSR count). The van der Waals surface area contributed by atoms with Crippen molar-refractivity contribution in [3.63, 3.8) is 0 Å². The summed E-state index contributed by atoms with van der Waals surface area (Å²) in [4.78, 5) is 2.26. The third-order valence-electron chi connectivity index (χ3n) is 5.21. The summed E-state index contributed by atoms with van der Waals surface area (Å²) in [5.41, 5.74) is 1.72. The maximum atomic E-state index is 14.4. The zero-order valence-corrected chi connectivity index (χ0v) is 13.6. The summed E-state index contributed by atoms with van der Waals surface area (Å²) >= 11 is 0. The Hall–Kier alpha value is -1.92. The lowest BCUT2D eigenvalue weighted by Crippen LogP contribution is -2.54. The first-order valence-corrected chi connectivity index (χ1v) is 8.67. The fourth-order valence-electron chi connectivity index (χ4n) is 3.84. The first kappa shape index (κ1) is 15.6. The number of aliphatic hydroxyl groups is 1. The molecule has 0 radical (unpaired) electrons. The number of anilines is 1. The second-order valence-electron chi connectivity index (χ2n) is 6.70. The van der Waals surface area contributed by atoms with Crippen molar-refractivity contribution in [1.82, 2.24) is 15.1 Å². The Morgan fingerprint density at radius 3 is 2.79 bits per heavy atom. The van der Waals surface area contributed by atoms with E-state index in [-0.39, 0.29) is 17.9 Å². The van der Waals surface area contributed by atoms with Crippen molar-refractivity contribution in [3.8, 4) is 0 Å². The van der Waals surface area contributed by atoms with Gasteiger partial charge in [0.25, 0.3) is 0 Å². The van der Waals surface area contributed by atoms with Crippen LogP contribution in [0, 0.1) is 5.82 Å². The fourth-order valence-corrected chi connectivity index (χ4v) is 3.84. The van der Waals surface area contributed by atoms with Crippen LogP contribution >= 0.6 is 0 Å². The van der Waals surface area contributed by atoms with E-state index in [4.69, 9.17) is 0 Å². The van der Waals surface area contributed by atoms with Crippen LogP contribution in [0.5, 0.6) is 0 Å². The Balaban J connectivity index is 1.48. The third-order valence-corrected chi connectivity index (χ3v) is 5.21. The summed E-state index contributed by atoms with van der Waals surface area (Å²) in [5, 5.41) is 17.7. The van der Waals surface area contributed by atoms with Gasteiger partial charge in [-0.25, -0.2) is 4.39 Å². The van der Waals surface area contributed by atoms with Crippen LogP contribution in [-0.4, -0.2) is 40.1 Å². The highest BCUT2D eigenvalue weighted by atomic mass is 19.1. The highest BCUT2D eigenvalue weighted by Crippen LogP contribution is 2.33. The van der Waals surface area contributed by atoms with Gasteiger partial charge in [0.1, 0.15) is 5.82 Å². The van der Waals surface area contributed by atoms with E-state index in [1.165, 1.54) is 18.9 Å². The summed E-state index contributed by atoms with van der Waals surface area (Å²) < 4.78 is 16.2. The highest BCUT2D eigenvalue weighted by Gasteiger charge is 2.41. The molecule has 0 unspecified atom stereocenters. The first-order valence-electron chi connectivity index (χ1n) is 8.67. The van der Waals surface area contributed by atoms with Gasteiger partial charge in [-0.1, -0.05) is 6.07 Å². The van der Waals surface area contributed by atoms with E-state index in [2.05, 4.69) is 15.3 Å². The molecule has 0 amide bonds. The molecule has 1 saturated carbocycles. The molecule has 3 atom stereocenters.